The Morgan fingerprint density at radius 1 is 0.961 bits per heavy atom. The summed E-state index contributed by atoms with van der Waals surface area (Å²) in [5.74, 6) is -1.75. The number of ether oxygens (including phenoxy) is 1. The highest BCUT2D eigenvalue weighted by Gasteiger charge is 2.46. The van der Waals surface area contributed by atoms with Crippen LogP contribution in [0.1, 0.15) is 102 Å². The first kappa shape index (κ1) is 37.0. The van der Waals surface area contributed by atoms with Gasteiger partial charge in [-0.3, -0.25) is 14.2 Å². The van der Waals surface area contributed by atoms with Crippen LogP contribution in [-0.4, -0.2) is 63.8 Å². The quantitative estimate of drug-likeness (QED) is 0.235. The van der Waals surface area contributed by atoms with E-state index in [1.54, 1.807) is 21.6 Å². The Bertz CT molecular complexity index is 1720. The molecule has 276 valence electrons. The van der Waals surface area contributed by atoms with Gasteiger partial charge in [-0.15, -0.1) is 0 Å². The maximum atomic E-state index is 14.8. The van der Waals surface area contributed by atoms with Gasteiger partial charge in [0, 0.05) is 30.2 Å². The van der Waals surface area contributed by atoms with Crippen LogP contribution in [0.3, 0.4) is 0 Å². The standard InChI is InChI=1S/C41H53F2N3O5/c1-5-36-34(23-27-6-14-32(15-7-27)51-25(2)3)33-16-13-31(43)24-37(33)46(36)40(50)45-20-18-41(19-21-45,29-9-11-30(42)12-10-29)39(49)44-35-17-8-28(38(47)48)22-26(35)4/h9-13,16,24-28,32,35H,5-8,14-15,17-23H2,1-4H3,(H,44,49)(H,47,48)/t26-,27?,28-,32?,35-/m0/s1. The molecular weight excluding hydrogens is 652 g/mol. The normalized spacial score (nSPS) is 25.2. The highest BCUT2D eigenvalue weighted by Crippen LogP contribution is 2.40. The number of aliphatic carboxylic acids is 1. The molecule has 8 nitrogen and oxygen atoms in total. The van der Waals surface area contributed by atoms with Gasteiger partial charge in [0.1, 0.15) is 11.6 Å². The fourth-order valence-corrected chi connectivity index (χ4v) is 9.12. The number of fused-ring (bicyclic) bond motifs is 1. The summed E-state index contributed by atoms with van der Waals surface area (Å²) in [6, 6.07) is 10.4. The van der Waals surface area contributed by atoms with Gasteiger partial charge in [0.25, 0.3) is 0 Å². The topological polar surface area (TPSA) is 101 Å². The van der Waals surface area contributed by atoms with Gasteiger partial charge in [0.15, 0.2) is 0 Å². The van der Waals surface area contributed by atoms with Gasteiger partial charge in [-0.2, -0.15) is 0 Å². The number of carboxylic acids is 1. The largest absolute Gasteiger partial charge is 0.481 e. The second-order valence-electron chi connectivity index (χ2n) is 15.6. The Hall–Kier alpha value is -3.79. The molecule has 3 fully saturated rings. The van der Waals surface area contributed by atoms with Gasteiger partial charge in [-0.05, 0) is 138 Å². The fourth-order valence-electron chi connectivity index (χ4n) is 9.12. The van der Waals surface area contributed by atoms with E-state index in [0.29, 0.717) is 55.5 Å². The Balaban J connectivity index is 1.24. The molecule has 1 saturated heterocycles. The molecule has 0 spiro atoms. The lowest BCUT2D eigenvalue weighted by atomic mass is 9.71. The van der Waals surface area contributed by atoms with Gasteiger partial charge in [-0.25, -0.2) is 13.6 Å². The molecule has 2 aromatic carbocycles. The van der Waals surface area contributed by atoms with Crippen molar-refractivity contribution >= 4 is 28.8 Å². The Labute approximate surface area is 299 Å². The SMILES string of the molecule is CCc1c(CC2CCC(OC(C)C)CC2)c2ccc(F)cc2n1C(=O)N1CCC(C(=O)N[C@H]2CC[C@H](C(=O)O)C[C@@H]2C)(c2ccc(F)cc2)CC1. The molecule has 1 aliphatic heterocycles. The van der Waals surface area contributed by atoms with E-state index in [0.717, 1.165) is 48.7 Å². The van der Waals surface area contributed by atoms with Crippen molar-refractivity contribution in [1.29, 1.82) is 0 Å². The zero-order chi connectivity index (χ0) is 36.4. The maximum absolute atomic E-state index is 14.8. The number of aromatic nitrogens is 1. The number of rotatable bonds is 9. The van der Waals surface area contributed by atoms with Crippen LogP contribution in [0.5, 0.6) is 0 Å². The van der Waals surface area contributed by atoms with Crippen LogP contribution in [0.15, 0.2) is 42.5 Å². The van der Waals surface area contributed by atoms with Crippen molar-refractivity contribution in [2.45, 2.75) is 122 Å². The molecule has 1 aromatic heterocycles. The average Bonchev–Trinajstić information content (AvgIpc) is 3.41. The first-order chi connectivity index (χ1) is 24.4. The number of benzene rings is 2. The third-order valence-electron chi connectivity index (χ3n) is 12.0. The number of piperidine rings is 1. The zero-order valence-electron chi connectivity index (χ0n) is 30.4. The van der Waals surface area contributed by atoms with Crippen molar-refractivity contribution in [2.24, 2.45) is 17.8 Å². The number of carbonyl (C=O) groups excluding carboxylic acids is 2. The van der Waals surface area contributed by atoms with Crippen LogP contribution < -0.4 is 5.32 Å². The van der Waals surface area contributed by atoms with Crippen LogP contribution in [-0.2, 0) is 32.6 Å². The Morgan fingerprint density at radius 2 is 1.63 bits per heavy atom. The molecule has 0 radical (unpaired) electrons. The molecule has 2 aliphatic carbocycles. The van der Waals surface area contributed by atoms with E-state index in [1.165, 1.54) is 24.3 Å². The van der Waals surface area contributed by atoms with E-state index < -0.39 is 28.9 Å². The molecule has 0 bridgehead atoms. The molecule has 0 unspecified atom stereocenters. The van der Waals surface area contributed by atoms with Crippen LogP contribution in [0.4, 0.5) is 13.6 Å². The predicted octanol–water partition coefficient (Wildman–Crippen LogP) is 8.02. The molecule has 3 atom stereocenters. The molecule has 2 amide bonds. The van der Waals surface area contributed by atoms with Crippen LogP contribution in [0.2, 0.25) is 0 Å². The lowest BCUT2D eigenvalue weighted by Crippen LogP contribution is -2.56. The monoisotopic (exact) mass is 705 g/mol. The molecule has 3 aromatic rings. The number of nitrogens with zero attached hydrogens (tertiary/aromatic N) is 2. The number of hydrogen-bond donors (Lipinski definition) is 2. The highest BCUT2D eigenvalue weighted by atomic mass is 19.1. The van der Waals surface area contributed by atoms with Crippen LogP contribution in [0.25, 0.3) is 10.9 Å². The maximum Gasteiger partial charge on any atom is 0.328 e. The Morgan fingerprint density at radius 3 is 2.24 bits per heavy atom. The molecule has 2 heterocycles. The summed E-state index contributed by atoms with van der Waals surface area (Å²) in [4.78, 5) is 42.2. The van der Waals surface area contributed by atoms with Crippen molar-refractivity contribution < 1.29 is 33.0 Å². The minimum atomic E-state index is -0.990. The highest BCUT2D eigenvalue weighted by molar-refractivity contribution is 5.96. The molecule has 2 N–H and O–H groups in total. The van der Waals surface area contributed by atoms with Crippen LogP contribution >= 0.6 is 0 Å². The van der Waals surface area contributed by atoms with E-state index in [2.05, 4.69) is 19.2 Å². The number of amides is 2. The Kier molecular flexibility index (Phi) is 11.2. The summed E-state index contributed by atoms with van der Waals surface area (Å²) in [5.41, 5.74) is 2.29. The second kappa shape index (κ2) is 15.4. The molecule has 2 saturated carbocycles. The van der Waals surface area contributed by atoms with E-state index in [-0.39, 0.29) is 49.2 Å². The fraction of sp³-hybridized carbons (Fsp3) is 0.585. The lowest BCUT2D eigenvalue weighted by Gasteiger charge is -2.43. The van der Waals surface area contributed by atoms with Crippen molar-refractivity contribution in [2.75, 3.05) is 13.1 Å². The van der Waals surface area contributed by atoms with Gasteiger partial charge in [-0.1, -0.05) is 26.0 Å². The number of hydrogen-bond acceptors (Lipinski definition) is 4. The molecule has 6 rings (SSSR count). The zero-order valence-corrected chi connectivity index (χ0v) is 30.4. The minimum Gasteiger partial charge on any atom is -0.481 e. The number of nitrogens with one attached hydrogen (secondary N) is 1. The predicted molar refractivity (Wildman–Crippen MR) is 193 cm³/mol. The van der Waals surface area contributed by atoms with Gasteiger partial charge < -0.3 is 20.1 Å². The lowest BCUT2D eigenvalue weighted by molar-refractivity contribution is -0.143. The summed E-state index contributed by atoms with van der Waals surface area (Å²) in [7, 11) is 0. The molecule has 3 aliphatic rings. The van der Waals surface area contributed by atoms with Crippen molar-refractivity contribution in [3.63, 3.8) is 0 Å². The van der Waals surface area contributed by atoms with Crippen LogP contribution in [0, 0.1) is 29.4 Å². The molecule has 51 heavy (non-hydrogen) atoms. The molecular formula is C41H53F2N3O5. The second-order valence-corrected chi connectivity index (χ2v) is 15.6. The molecule has 10 heteroatoms. The summed E-state index contributed by atoms with van der Waals surface area (Å²) >= 11 is 0. The minimum absolute atomic E-state index is 0.0109. The van der Waals surface area contributed by atoms with E-state index in [4.69, 9.17) is 4.74 Å². The average molecular weight is 706 g/mol. The van der Waals surface area contributed by atoms with Crippen molar-refractivity contribution in [3.8, 4) is 0 Å². The van der Waals surface area contributed by atoms with E-state index >= 15 is 0 Å². The summed E-state index contributed by atoms with van der Waals surface area (Å²) in [6.07, 6.45) is 8.25. The van der Waals surface area contributed by atoms with Gasteiger partial charge in [0.2, 0.25) is 5.91 Å². The van der Waals surface area contributed by atoms with Gasteiger partial charge >= 0.3 is 12.0 Å². The van der Waals surface area contributed by atoms with E-state index in [9.17, 15) is 28.3 Å². The number of likely N-dealkylation sites (tertiary alicyclic amines) is 1. The van der Waals surface area contributed by atoms with Gasteiger partial charge in [0.05, 0.1) is 29.1 Å². The van der Waals surface area contributed by atoms with Crippen molar-refractivity contribution in [1.82, 2.24) is 14.8 Å². The number of halogens is 2. The first-order valence-electron chi connectivity index (χ1n) is 19.0. The van der Waals surface area contributed by atoms with E-state index in [1.807, 2.05) is 19.9 Å². The summed E-state index contributed by atoms with van der Waals surface area (Å²) < 4.78 is 36.7. The summed E-state index contributed by atoms with van der Waals surface area (Å²) in [5, 5.41) is 13.7. The number of carbonyl (C=O) groups is 3. The number of carboxylic acid groups (broad SMARTS) is 1. The third kappa shape index (κ3) is 7.71. The third-order valence-corrected chi connectivity index (χ3v) is 12.0. The first-order valence-corrected chi connectivity index (χ1v) is 19.0. The van der Waals surface area contributed by atoms with Crippen molar-refractivity contribution in [3.05, 3.63) is 70.9 Å². The smallest absolute Gasteiger partial charge is 0.328 e. The summed E-state index contributed by atoms with van der Waals surface area (Å²) in [6.45, 7) is 8.73.